The molecular weight excluding hydrogens is 434 g/mol. The van der Waals surface area contributed by atoms with E-state index in [0.717, 1.165) is 59.4 Å². The van der Waals surface area contributed by atoms with Gasteiger partial charge in [0.2, 0.25) is 0 Å². The summed E-state index contributed by atoms with van der Waals surface area (Å²) in [6.07, 6.45) is 1.83. The lowest BCUT2D eigenvalue weighted by Crippen LogP contribution is -2.36. The molecule has 2 aromatic heterocycles. The molecule has 1 fully saturated rings. The van der Waals surface area contributed by atoms with Crippen LogP contribution in [-0.4, -0.2) is 47.2 Å². The first-order chi connectivity index (χ1) is 16.3. The fourth-order valence-electron chi connectivity index (χ4n) is 3.79. The van der Waals surface area contributed by atoms with Gasteiger partial charge in [0.1, 0.15) is 5.82 Å². The number of carbonyl (C=O) groups is 1. The fraction of sp³-hybridized carbons (Fsp3) is 0.240. The van der Waals surface area contributed by atoms with Gasteiger partial charge in [0.15, 0.2) is 5.16 Å². The number of nitrogens with one attached hydrogen (secondary N) is 2. The Hall–Kier alpha value is -3.36. The Labute approximate surface area is 196 Å². The number of amides is 1. The minimum atomic E-state index is -0.0898. The standard InChI is InChI=1S/C25H25N5O2S/c31-24(27-16-18-9-10-23(26-15-18)30-11-13-32-14-12-30)20-6-2-1-5-19(20)17-33-25-28-21-7-3-4-8-22(21)29-25/h1-10,15H,11-14,16-17H2,(H,27,31)(H,28,29). The van der Waals surface area contributed by atoms with Gasteiger partial charge in [0.25, 0.3) is 5.91 Å². The Kier molecular flexibility index (Phi) is 6.55. The van der Waals surface area contributed by atoms with Crippen LogP contribution in [0.25, 0.3) is 11.0 Å². The third-order valence-corrected chi connectivity index (χ3v) is 6.51. The van der Waals surface area contributed by atoms with E-state index >= 15 is 0 Å². The molecule has 0 aliphatic carbocycles. The number of fused-ring (bicyclic) bond motifs is 1. The highest BCUT2D eigenvalue weighted by Crippen LogP contribution is 2.24. The number of morpholine rings is 1. The van der Waals surface area contributed by atoms with Crippen LogP contribution >= 0.6 is 11.8 Å². The quantitative estimate of drug-likeness (QED) is 0.406. The summed E-state index contributed by atoms with van der Waals surface area (Å²) in [4.78, 5) is 27.6. The molecule has 3 heterocycles. The molecule has 0 bridgehead atoms. The summed E-state index contributed by atoms with van der Waals surface area (Å²) < 4.78 is 5.39. The first-order valence-electron chi connectivity index (χ1n) is 11.0. The lowest BCUT2D eigenvalue weighted by atomic mass is 10.1. The van der Waals surface area contributed by atoms with Crippen molar-refractivity contribution in [3.8, 4) is 0 Å². The number of aromatic amines is 1. The molecule has 0 spiro atoms. The molecule has 7 nitrogen and oxygen atoms in total. The Morgan fingerprint density at radius 1 is 1.06 bits per heavy atom. The largest absolute Gasteiger partial charge is 0.378 e. The zero-order chi connectivity index (χ0) is 22.5. The maximum Gasteiger partial charge on any atom is 0.251 e. The van der Waals surface area contributed by atoms with E-state index < -0.39 is 0 Å². The number of ether oxygens (including phenoxy) is 1. The number of aromatic nitrogens is 3. The first kappa shape index (κ1) is 21.5. The van der Waals surface area contributed by atoms with Crippen molar-refractivity contribution in [2.75, 3.05) is 31.2 Å². The molecule has 1 aliphatic heterocycles. The maximum absolute atomic E-state index is 12.9. The number of para-hydroxylation sites is 2. The molecule has 2 aromatic carbocycles. The smallest absolute Gasteiger partial charge is 0.251 e. The van der Waals surface area contributed by atoms with E-state index in [1.54, 1.807) is 11.8 Å². The second kappa shape index (κ2) is 10.1. The van der Waals surface area contributed by atoms with Gasteiger partial charge in [-0.1, -0.05) is 48.2 Å². The Morgan fingerprint density at radius 2 is 1.88 bits per heavy atom. The summed E-state index contributed by atoms with van der Waals surface area (Å²) in [6, 6.07) is 19.7. The third kappa shape index (κ3) is 5.18. The van der Waals surface area contributed by atoms with Crippen molar-refractivity contribution < 1.29 is 9.53 Å². The van der Waals surface area contributed by atoms with Crippen LogP contribution in [-0.2, 0) is 17.0 Å². The van der Waals surface area contributed by atoms with Crippen LogP contribution in [0.5, 0.6) is 0 Å². The van der Waals surface area contributed by atoms with E-state index in [0.29, 0.717) is 17.9 Å². The van der Waals surface area contributed by atoms with E-state index in [-0.39, 0.29) is 5.91 Å². The normalized spacial score (nSPS) is 13.9. The topological polar surface area (TPSA) is 83.1 Å². The average molecular weight is 460 g/mol. The van der Waals surface area contributed by atoms with Crippen LogP contribution in [0.3, 0.4) is 0 Å². The number of carbonyl (C=O) groups excluding carboxylic acids is 1. The molecule has 168 valence electrons. The van der Waals surface area contributed by atoms with E-state index in [2.05, 4.69) is 25.2 Å². The highest BCUT2D eigenvalue weighted by Gasteiger charge is 2.14. The van der Waals surface area contributed by atoms with Gasteiger partial charge in [-0.15, -0.1) is 0 Å². The van der Waals surface area contributed by atoms with E-state index in [9.17, 15) is 4.79 Å². The van der Waals surface area contributed by atoms with Crippen molar-refractivity contribution in [3.63, 3.8) is 0 Å². The predicted octanol–water partition coefficient (Wildman–Crippen LogP) is 4.02. The van der Waals surface area contributed by atoms with Gasteiger partial charge in [-0.25, -0.2) is 9.97 Å². The average Bonchev–Trinajstić information content (AvgIpc) is 3.30. The van der Waals surface area contributed by atoms with Crippen LogP contribution in [0, 0.1) is 0 Å². The minimum absolute atomic E-state index is 0.0898. The van der Waals surface area contributed by atoms with E-state index in [1.165, 1.54) is 0 Å². The molecule has 0 atom stereocenters. The van der Waals surface area contributed by atoms with Crippen LogP contribution in [0.4, 0.5) is 5.82 Å². The fourth-order valence-corrected chi connectivity index (χ4v) is 4.68. The number of benzene rings is 2. The number of anilines is 1. The zero-order valence-corrected chi connectivity index (χ0v) is 19.0. The van der Waals surface area contributed by atoms with E-state index in [4.69, 9.17) is 4.74 Å². The SMILES string of the molecule is O=C(NCc1ccc(N2CCOCC2)nc1)c1ccccc1CSc1nc2ccccc2[nH]1. The van der Waals surface area contributed by atoms with Gasteiger partial charge < -0.3 is 19.9 Å². The number of hydrogen-bond acceptors (Lipinski definition) is 6. The zero-order valence-electron chi connectivity index (χ0n) is 18.2. The van der Waals surface area contributed by atoms with Gasteiger partial charge >= 0.3 is 0 Å². The molecule has 1 aliphatic rings. The Balaban J connectivity index is 1.20. The minimum Gasteiger partial charge on any atom is -0.378 e. The number of thioether (sulfide) groups is 1. The summed E-state index contributed by atoms with van der Waals surface area (Å²) in [5, 5.41) is 3.87. The van der Waals surface area contributed by atoms with Crippen molar-refractivity contribution in [1.82, 2.24) is 20.3 Å². The molecule has 0 radical (unpaired) electrons. The van der Waals surface area contributed by atoms with Crippen LogP contribution in [0.15, 0.2) is 72.0 Å². The summed E-state index contributed by atoms with van der Waals surface area (Å²) in [5.41, 5.74) is 4.58. The van der Waals surface area contributed by atoms with Gasteiger partial charge in [-0.05, 0) is 35.4 Å². The maximum atomic E-state index is 12.9. The second-order valence-electron chi connectivity index (χ2n) is 7.81. The lowest BCUT2D eigenvalue weighted by Gasteiger charge is -2.27. The molecule has 0 unspecified atom stereocenters. The summed E-state index contributed by atoms with van der Waals surface area (Å²) in [7, 11) is 0. The first-order valence-corrected chi connectivity index (χ1v) is 12.0. The second-order valence-corrected chi connectivity index (χ2v) is 8.78. The van der Waals surface area contributed by atoms with Gasteiger partial charge in [0.05, 0.1) is 24.2 Å². The number of H-pyrrole nitrogens is 1. The molecule has 0 saturated carbocycles. The monoisotopic (exact) mass is 459 g/mol. The van der Waals surface area contributed by atoms with Crippen LogP contribution in [0.1, 0.15) is 21.5 Å². The van der Waals surface area contributed by atoms with Crippen molar-refractivity contribution in [3.05, 3.63) is 83.6 Å². The van der Waals surface area contributed by atoms with Crippen molar-refractivity contribution in [2.45, 2.75) is 17.5 Å². The summed E-state index contributed by atoms with van der Waals surface area (Å²) in [6.45, 7) is 3.60. The van der Waals surface area contributed by atoms with Crippen molar-refractivity contribution >= 4 is 34.5 Å². The van der Waals surface area contributed by atoms with Gasteiger partial charge in [-0.2, -0.15) is 0 Å². The molecule has 33 heavy (non-hydrogen) atoms. The lowest BCUT2D eigenvalue weighted by molar-refractivity contribution is 0.0950. The molecular formula is C25H25N5O2S. The highest BCUT2D eigenvalue weighted by molar-refractivity contribution is 7.98. The molecule has 1 amide bonds. The number of rotatable bonds is 7. The summed E-state index contributed by atoms with van der Waals surface area (Å²) >= 11 is 1.59. The van der Waals surface area contributed by atoms with Crippen LogP contribution < -0.4 is 10.2 Å². The molecule has 4 aromatic rings. The molecule has 5 rings (SSSR count). The Morgan fingerprint density at radius 3 is 2.70 bits per heavy atom. The number of pyridine rings is 1. The van der Waals surface area contributed by atoms with Gasteiger partial charge in [-0.3, -0.25) is 4.79 Å². The predicted molar refractivity (Wildman–Crippen MR) is 131 cm³/mol. The Bertz CT molecular complexity index is 1200. The van der Waals surface area contributed by atoms with Crippen LogP contribution in [0.2, 0.25) is 0 Å². The third-order valence-electron chi connectivity index (χ3n) is 5.59. The molecule has 2 N–H and O–H groups in total. The molecule has 1 saturated heterocycles. The van der Waals surface area contributed by atoms with Crippen molar-refractivity contribution in [2.24, 2.45) is 0 Å². The van der Waals surface area contributed by atoms with Crippen molar-refractivity contribution in [1.29, 1.82) is 0 Å². The highest BCUT2D eigenvalue weighted by atomic mass is 32.2. The molecule has 8 heteroatoms. The van der Waals surface area contributed by atoms with Gasteiger partial charge in [0, 0.05) is 37.1 Å². The van der Waals surface area contributed by atoms with E-state index in [1.807, 2.05) is 66.9 Å². The summed E-state index contributed by atoms with van der Waals surface area (Å²) in [5.74, 6) is 1.51. The number of imidazole rings is 1. The number of hydrogen-bond donors (Lipinski definition) is 2. The number of nitrogens with zero attached hydrogens (tertiary/aromatic N) is 3.